The van der Waals surface area contributed by atoms with Crippen LogP contribution in [-0.2, 0) is 4.79 Å². The second-order valence-corrected chi connectivity index (χ2v) is 5.14. The van der Waals surface area contributed by atoms with Crippen LogP contribution in [0.15, 0.2) is 30.3 Å². The lowest BCUT2D eigenvalue weighted by Gasteiger charge is -2.30. The lowest BCUT2D eigenvalue weighted by atomic mass is 10.0. The first-order valence-electron chi connectivity index (χ1n) is 7.09. The van der Waals surface area contributed by atoms with Gasteiger partial charge in [-0.15, -0.1) is 0 Å². The first-order valence-corrected chi connectivity index (χ1v) is 7.09. The molecule has 1 amide bonds. The number of carbonyl (C=O) groups excluding carboxylic acids is 1. The van der Waals surface area contributed by atoms with E-state index in [1.165, 1.54) is 12.8 Å². The molecule has 3 N–H and O–H groups in total. The predicted octanol–water partition coefficient (Wildman–Crippen LogP) is 1.98. The Kier molecular flexibility index (Phi) is 4.93. The van der Waals surface area contributed by atoms with Crippen LogP contribution in [-0.4, -0.2) is 23.4 Å². The summed E-state index contributed by atoms with van der Waals surface area (Å²) in [5.74, 6) is 5.25. The molecule has 0 bridgehead atoms. The minimum atomic E-state index is -0.259. The number of nitrogens with zero attached hydrogens (tertiary/aromatic N) is 1. The zero-order chi connectivity index (χ0) is 13.7. The van der Waals surface area contributed by atoms with Crippen LogP contribution in [0.5, 0.6) is 0 Å². The summed E-state index contributed by atoms with van der Waals surface area (Å²) < 4.78 is 0. The van der Waals surface area contributed by atoms with Crippen LogP contribution in [0.1, 0.15) is 44.2 Å². The van der Waals surface area contributed by atoms with Crippen molar-refractivity contribution in [2.45, 2.75) is 44.7 Å². The molecule has 1 saturated carbocycles. The third kappa shape index (κ3) is 3.55. The summed E-state index contributed by atoms with van der Waals surface area (Å²) in [6, 6.07) is 10.2. The summed E-state index contributed by atoms with van der Waals surface area (Å²) in [6.45, 7) is 3.12. The average Bonchev–Trinajstić information content (AvgIpc) is 3.28. The van der Waals surface area contributed by atoms with Gasteiger partial charge in [0.25, 0.3) is 5.91 Å². The number of nitrogens with two attached hydrogens (primary N) is 1. The Labute approximate surface area is 114 Å². The zero-order valence-corrected chi connectivity index (χ0v) is 11.5. The minimum Gasteiger partial charge on any atom is -0.293 e. The Balaban J connectivity index is 2.22. The van der Waals surface area contributed by atoms with E-state index in [2.05, 4.69) is 17.2 Å². The molecule has 104 valence electrons. The maximum atomic E-state index is 12.2. The fourth-order valence-electron chi connectivity index (χ4n) is 2.48. The quantitative estimate of drug-likeness (QED) is 0.448. The Morgan fingerprint density at radius 3 is 2.63 bits per heavy atom. The van der Waals surface area contributed by atoms with Crippen LogP contribution in [0.3, 0.4) is 0 Å². The molecule has 0 aromatic heterocycles. The number of amides is 1. The van der Waals surface area contributed by atoms with Crippen LogP contribution in [0.2, 0.25) is 0 Å². The van der Waals surface area contributed by atoms with Crippen molar-refractivity contribution in [3.63, 3.8) is 0 Å². The number of rotatable bonds is 7. The van der Waals surface area contributed by atoms with E-state index in [0.29, 0.717) is 6.04 Å². The molecule has 1 unspecified atom stereocenters. The van der Waals surface area contributed by atoms with Crippen molar-refractivity contribution in [1.82, 2.24) is 10.3 Å². The molecule has 1 aliphatic carbocycles. The predicted molar refractivity (Wildman–Crippen MR) is 76.1 cm³/mol. The Morgan fingerprint density at radius 2 is 2.11 bits per heavy atom. The molecule has 2 rings (SSSR count). The second-order valence-electron chi connectivity index (χ2n) is 5.14. The molecule has 1 fully saturated rings. The van der Waals surface area contributed by atoms with Crippen LogP contribution in [0, 0.1) is 0 Å². The van der Waals surface area contributed by atoms with Crippen molar-refractivity contribution in [1.29, 1.82) is 0 Å². The minimum absolute atomic E-state index is 0.116. The van der Waals surface area contributed by atoms with Gasteiger partial charge in [0.1, 0.15) is 6.04 Å². The van der Waals surface area contributed by atoms with Gasteiger partial charge < -0.3 is 0 Å². The van der Waals surface area contributed by atoms with Crippen LogP contribution in [0.25, 0.3) is 0 Å². The number of hydrazine groups is 1. The molecule has 4 heteroatoms. The number of nitrogens with one attached hydrogen (secondary N) is 1. The Morgan fingerprint density at radius 1 is 1.42 bits per heavy atom. The molecular weight excluding hydrogens is 238 g/mol. The topological polar surface area (TPSA) is 58.4 Å². The van der Waals surface area contributed by atoms with E-state index in [0.717, 1.165) is 24.9 Å². The highest BCUT2D eigenvalue weighted by Crippen LogP contribution is 2.34. The molecular formula is C15H23N3O. The Bertz CT molecular complexity index is 403. The molecule has 4 nitrogen and oxygen atoms in total. The molecule has 1 aliphatic rings. The maximum Gasteiger partial charge on any atom is 0.255 e. The van der Waals surface area contributed by atoms with Gasteiger partial charge in [0, 0.05) is 6.04 Å². The lowest BCUT2D eigenvalue weighted by molar-refractivity contribution is -0.127. The van der Waals surface area contributed by atoms with Gasteiger partial charge in [-0.1, -0.05) is 43.7 Å². The summed E-state index contributed by atoms with van der Waals surface area (Å²) in [5.41, 5.74) is 3.34. The highest BCUT2D eigenvalue weighted by atomic mass is 16.2. The normalized spacial score (nSPS) is 16.4. The monoisotopic (exact) mass is 261 g/mol. The highest BCUT2D eigenvalue weighted by molar-refractivity contribution is 5.82. The van der Waals surface area contributed by atoms with E-state index in [-0.39, 0.29) is 11.9 Å². The summed E-state index contributed by atoms with van der Waals surface area (Å²) in [4.78, 5) is 14.5. The second kappa shape index (κ2) is 6.68. The van der Waals surface area contributed by atoms with E-state index in [1.54, 1.807) is 0 Å². The van der Waals surface area contributed by atoms with Gasteiger partial charge in [0.05, 0.1) is 0 Å². The van der Waals surface area contributed by atoms with Gasteiger partial charge in [-0.3, -0.25) is 15.1 Å². The largest absolute Gasteiger partial charge is 0.293 e. The fourth-order valence-corrected chi connectivity index (χ4v) is 2.48. The summed E-state index contributed by atoms with van der Waals surface area (Å²) in [7, 11) is 0. The lowest BCUT2D eigenvalue weighted by Crippen LogP contribution is -2.44. The smallest absolute Gasteiger partial charge is 0.255 e. The van der Waals surface area contributed by atoms with Crippen LogP contribution < -0.4 is 11.3 Å². The molecule has 1 aromatic rings. The molecule has 1 atom stereocenters. The number of benzene rings is 1. The van der Waals surface area contributed by atoms with Gasteiger partial charge in [-0.2, -0.15) is 0 Å². The number of hydrogen-bond donors (Lipinski definition) is 2. The summed E-state index contributed by atoms with van der Waals surface area (Å²) >= 11 is 0. The SMILES string of the molecule is CCCCN(C1CC1)C(C(=O)NN)c1ccccc1. The third-order valence-corrected chi connectivity index (χ3v) is 3.62. The standard InChI is InChI=1S/C15H23N3O/c1-2-3-11-18(13-9-10-13)14(15(19)17-16)12-7-5-4-6-8-12/h4-8,13-14H,2-3,9-11,16H2,1H3,(H,17,19). The van der Waals surface area contributed by atoms with Gasteiger partial charge in [0.15, 0.2) is 0 Å². The van der Waals surface area contributed by atoms with E-state index in [9.17, 15) is 4.79 Å². The molecule has 0 saturated heterocycles. The molecule has 1 aromatic carbocycles. The van der Waals surface area contributed by atoms with Crippen molar-refractivity contribution in [3.05, 3.63) is 35.9 Å². The van der Waals surface area contributed by atoms with Crippen LogP contribution in [0.4, 0.5) is 0 Å². The highest BCUT2D eigenvalue weighted by Gasteiger charge is 2.37. The van der Waals surface area contributed by atoms with E-state index in [4.69, 9.17) is 5.84 Å². The van der Waals surface area contributed by atoms with Gasteiger partial charge in [0.2, 0.25) is 0 Å². The van der Waals surface area contributed by atoms with Crippen LogP contribution >= 0.6 is 0 Å². The Hall–Kier alpha value is -1.39. The van der Waals surface area contributed by atoms with Crippen molar-refractivity contribution in [2.75, 3.05) is 6.54 Å². The number of unbranched alkanes of at least 4 members (excludes halogenated alkanes) is 1. The molecule has 19 heavy (non-hydrogen) atoms. The van der Waals surface area contributed by atoms with E-state index in [1.807, 2.05) is 30.3 Å². The van der Waals surface area contributed by atoms with Crippen molar-refractivity contribution >= 4 is 5.91 Å². The van der Waals surface area contributed by atoms with Crippen molar-refractivity contribution < 1.29 is 4.79 Å². The van der Waals surface area contributed by atoms with Crippen molar-refractivity contribution in [3.8, 4) is 0 Å². The molecule has 0 aliphatic heterocycles. The van der Waals surface area contributed by atoms with E-state index >= 15 is 0 Å². The molecule has 0 spiro atoms. The first kappa shape index (κ1) is 14.0. The van der Waals surface area contributed by atoms with Gasteiger partial charge >= 0.3 is 0 Å². The fraction of sp³-hybridized carbons (Fsp3) is 0.533. The first-order chi connectivity index (χ1) is 9.27. The summed E-state index contributed by atoms with van der Waals surface area (Å²) in [6.07, 6.45) is 4.61. The van der Waals surface area contributed by atoms with E-state index < -0.39 is 0 Å². The van der Waals surface area contributed by atoms with Crippen molar-refractivity contribution in [2.24, 2.45) is 5.84 Å². The number of hydrogen-bond acceptors (Lipinski definition) is 3. The molecule has 0 radical (unpaired) electrons. The summed E-state index contributed by atoms with van der Waals surface area (Å²) in [5, 5.41) is 0. The molecule has 0 heterocycles. The zero-order valence-electron chi connectivity index (χ0n) is 11.5. The van der Waals surface area contributed by atoms with Gasteiger partial charge in [-0.25, -0.2) is 5.84 Å². The third-order valence-electron chi connectivity index (χ3n) is 3.62. The maximum absolute atomic E-state index is 12.2. The average molecular weight is 261 g/mol. The van der Waals surface area contributed by atoms with Gasteiger partial charge in [-0.05, 0) is 31.4 Å². The number of carbonyl (C=O) groups is 1.